The molecule has 0 saturated carbocycles. The molecule has 2 heterocycles. The van der Waals surface area contributed by atoms with Crippen LogP contribution in [0.4, 0.5) is 8.78 Å². The molecule has 1 atom stereocenters. The quantitative estimate of drug-likeness (QED) is 0.671. The van der Waals surface area contributed by atoms with E-state index in [2.05, 4.69) is 22.7 Å². The van der Waals surface area contributed by atoms with Gasteiger partial charge in [-0.15, -0.1) is 12.8 Å². The molecule has 0 unspecified atom stereocenters. The highest BCUT2D eigenvalue weighted by Crippen LogP contribution is 2.05. The first kappa shape index (κ1) is 18.4. The molecule has 2 rings (SSSR count). The minimum Gasteiger partial charge on any atom is -0.383 e. The van der Waals surface area contributed by atoms with Gasteiger partial charge in [-0.1, -0.05) is 0 Å². The van der Waals surface area contributed by atoms with Crippen LogP contribution in [0.25, 0.3) is 0 Å². The lowest BCUT2D eigenvalue weighted by Crippen LogP contribution is -2.28. The Bertz CT molecular complexity index is 367. The molecule has 1 aliphatic rings. The Morgan fingerprint density at radius 3 is 2.60 bits per heavy atom. The van der Waals surface area contributed by atoms with Crippen LogP contribution in [0, 0.1) is 24.6 Å². The van der Waals surface area contributed by atoms with E-state index in [1.165, 1.54) is 12.3 Å². The average molecular weight is 285 g/mol. The molecule has 0 aliphatic carbocycles. The number of aromatic nitrogens is 1. The van der Waals surface area contributed by atoms with Crippen LogP contribution in [0.5, 0.6) is 0 Å². The standard InChI is InChI=1S/C7H16N2O.C5H3F2N.C2H2/c1-10-5-4-9-3-2-7(8)6-9;6-4-2-1-3-8-5(4)7;1-2/h7H,2-6,8H2,1H3;1-3H;1-2H/t7-;;/m0../s1. The minimum absolute atomic E-state index is 0.400. The van der Waals surface area contributed by atoms with Crippen molar-refractivity contribution in [3.8, 4) is 12.8 Å². The second-order valence-corrected chi connectivity index (χ2v) is 4.12. The molecule has 1 saturated heterocycles. The molecule has 1 aromatic rings. The van der Waals surface area contributed by atoms with Crippen molar-refractivity contribution in [1.82, 2.24) is 9.88 Å². The minimum atomic E-state index is -1.05. The fraction of sp³-hybridized carbons (Fsp3) is 0.500. The Labute approximate surface area is 118 Å². The molecule has 4 nitrogen and oxygen atoms in total. The zero-order valence-electron chi connectivity index (χ0n) is 11.6. The Morgan fingerprint density at radius 2 is 2.20 bits per heavy atom. The summed E-state index contributed by atoms with van der Waals surface area (Å²) in [5.41, 5.74) is 5.71. The van der Waals surface area contributed by atoms with Gasteiger partial charge in [-0.25, -0.2) is 9.37 Å². The molecule has 0 aromatic carbocycles. The van der Waals surface area contributed by atoms with E-state index in [0.717, 1.165) is 38.7 Å². The SMILES string of the molecule is C#C.COCCN1CC[C@H](N)C1.Fc1cccnc1F. The molecule has 20 heavy (non-hydrogen) atoms. The summed E-state index contributed by atoms with van der Waals surface area (Å²) in [7, 11) is 1.73. The highest BCUT2D eigenvalue weighted by atomic mass is 19.2. The van der Waals surface area contributed by atoms with Crippen molar-refractivity contribution >= 4 is 0 Å². The van der Waals surface area contributed by atoms with Gasteiger partial charge < -0.3 is 10.5 Å². The number of nitrogens with zero attached hydrogens (tertiary/aromatic N) is 2. The lowest BCUT2D eigenvalue weighted by atomic mass is 10.3. The first-order chi connectivity index (χ1) is 9.63. The Balaban J connectivity index is 0.000000327. The lowest BCUT2D eigenvalue weighted by molar-refractivity contribution is 0.160. The van der Waals surface area contributed by atoms with Gasteiger partial charge in [0.25, 0.3) is 0 Å². The fourth-order valence-corrected chi connectivity index (χ4v) is 1.65. The Kier molecular flexibility index (Phi) is 10.4. The molecule has 1 aliphatic heterocycles. The van der Waals surface area contributed by atoms with Crippen molar-refractivity contribution in [2.45, 2.75) is 12.5 Å². The summed E-state index contributed by atoms with van der Waals surface area (Å²) in [6.07, 6.45) is 10.3. The summed E-state index contributed by atoms with van der Waals surface area (Å²) in [5, 5.41) is 0. The molecule has 0 bridgehead atoms. The number of nitrogens with two attached hydrogens (primary N) is 1. The first-order valence-corrected chi connectivity index (χ1v) is 6.19. The summed E-state index contributed by atoms with van der Waals surface area (Å²) in [5.74, 6) is -1.96. The van der Waals surface area contributed by atoms with Gasteiger partial charge in [-0.05, 0) is 25.1 Å². The normalized spacial score (nSPS) is 17.6. The van der Waals surface area contributed by atoms with Gasteiger partial charge in [0.05, 0.1) is 6.61 Å². The van der Waals surface area contributed by atoms with Crippen LogP contribution in [-0.4, -0.2) is 49.3 Å². The zero-order chi connectivity index (χ0) is 15.4. The molecular formula is C14H21F2N3O. The van der Waals surface area contributed by atoms with Gasteiger partial charge in [0, 0.05) is 32.4 Å². The summed E-state index contributed by atoms with van der Waals surface area (Å²) in [6, 6.07) is 2.75. The van der Waals surface area contributed by atoms with Crippen molar-refractivity contribution < 1.29 is 13.5 Å². The summed E-state index contributed by atoms with van der Waals surface area (Å²) in [4.78, 5) is 5.38. The van der Waals surface area contributed by atoms with Crippen LogP contribution in [0.2, 0.25) is 0 Å². The molecule has 0 amide bonds. The fourth-order valence-electron chi connectivity index (χ4n) is 1.65. The Hall–Kier alpha value is -1.55. The number of rotatable bonds is 3. The maximum atomic E-state index is 11.9. The molecule has 6 heteroatoms. The highest BCUT2D eigenvalue weighted by Gasteiger charge is 2.17. The van der Waals surface area contributed by atoms with Crippen LogP contribution in [0.15, 0.2) is 18.3 Å². The first-order valence-electron chi connectivity index (χ1n) is 6.19. The monoisotopic (exact) mass is 285 g/mol. The molecule has 1 fully saturated rings. The summed E-state index contributed by atoms with van der Waals surface area (Å²) < 4.78 is 28.7. The number of ether oxygens (including phenoxy) is 1. The molecular weight excluding hydrogens is 264 g/mol. The summed E-state index contributed by atoms with van der Waals surface area (Å²) in [6.45, 7) is 4.05. The Morgan fingerprint density at radius 1 is 1.50 bits per heavy atom. The number of hydrogen-bond donors (Lipinski definition) is 1. The largest absolute Gasteiger partial charge is 0.383 e. The van der Waals surface area contributed by atoms with Crippen LogP contribution < -0.4 is 5.73 Å². The van der Waals surface area contributed by atoms with Crippen molar-refractivity contribution in [2.24, 2.45) is 5.73 Å². The van der Waals surface area contributed by atoms with Crippen LogP contribution in [0.1, 0.15) is 6.42 Å². The van der Waals surface area contributed by atoms with Crippen molar-refractivity contribution in [1.29, 1.82) is 0 Å². The molecule has 1 aromatic heterocycles. The number of likely N-dealkylation sites (tertiary alicyclic amines) is 1. The number of hydrogen-bond acceptors (Lipinski definition) is 4. The third-order valence-electron chi connectivity index (χ3n) is 2.63. The van der Waals surface area contributed by atoms with Gasteiger partial charge >= 0.3 is 0 Å². The maximum absolute atomic E-state index is 11.9. The summed E-state index contributed by atoms with van der Waals surface area (Å²) >= 11 is 0. The number of halogens is 2. The zero-order valence-corrected chi connectivity index (χ0v) is 11.6. The van der Waals surface area contributed by atoms with E-state index in [9.17, 15) is 8.78 Å². The van der Waals surface area contributed by atoms with Crippen molar-refractivity contribution in [3.63, 3.8) is 0 Å². The van der Waals surface area contributed by atoms with Crippen molar-refractivity contribution in [2.75, 3.05) is 33.4 Å². The predicted molar refractivity (Wildman–Crippen MR) is 75.0 cm³/mol. The van der Waals surface area contributed by atoms with E-state index in [4.69, 9.17) is 10.5 Å². The third-order valence-corrected chi connectivity index (χ3v) is 2.63. The third kappa shape index (κ3) is 7.79. The molecule has 112 valence electrons. The maximum Gasteiger partial charge on any atom is 0.248 e. The van der Waals surface area contributed by atoms with E-state index < -0.39 is 11.8 Å². The van der Waals surface area contributed by atoms with Crippen LogP contribution in [0.3, 0.4) is 0 Å². The van der Waals surface area contributed by atoms with Crippen LogP contribution in [-0.2, 0) is 4.74 Å². The molecule has 2 N–H and O–H groups in total. The second-order valence-electron chi connectivity index (χ2n) is 4.12. The molecule has 0 radical (unpaired) electrons. The van der Waals surface area contributed by atoms with Gasteiger partial charge in [-0.3, -0.25) is 4.90 Å². The van der Waals surface area contributed by atoms with E-state index in [0.29, 0.717) is 6.04 Å². The predicted octanol–water partition coefficient (Wildman–Crippen LogP) is 1.27. The van der Waals surface area contributed by atoms with E-state index in [-0.39, 0.29) is 0 Å². The average Bonchev–Trinajstić information content (AvgIpc) is 2.88. The lowest BCUT2D eigenvalue weighted by Gasteiger charge is -2.13. The number of terminal acetylenes is 1. The number of pyridine rings is 1. The van der Waals surface area contributed by atoms with Gasteiger partial charge in [0.2, 0.25) is 5.95 Å². The molecule has 0 spiro atoms. The smallest absolute Gasteiger partial charge is 0.248 e. The topological polar surface area (TPSA) is 51.4 Å². The second kappa shape index (κ2) is 11.3. The highest BCUT2D eigenvalue weighted by molar-refractivity contribution is 4.95. The number of methoxy groups -OCH3 is 1. The van der Waals surface area contributed by atoms with Gasteiger partial charge in [0.15, 0.2) is 5.82 Å². The van der Waals surface area contributed by atoms with Crippen molar-refractivity contribution in [3.05, 3.63) is 30.1 Å². The van der Waals surface area contributed by atoms with E-state index in [1.807, 2.05) is 0 Å². The van der Waals surface area contributed by atoms with E-state index >= 15 is 0 Å². The van der Waals surface area contributed by atoms with E-state index in [1.54, 1.807) is 7.11 Å². The van der Waals surface area contributed by atoms with Gasteiger partial charge in [0.1, 0.15) is 0 Å². The van der Waals surface area contributed by atoms with Gasteiger partial charge in [-0.2, -0.15) is 4.39 Å². The van der Waals surface area contributed by atoms with Crippen LogP contribution >= 0.6 is 0 Å².